The van der Waals surface area contributed by atoms with E-state index in [-0.39, 0.29) is 17.3 Å². The van der Waals surface area contributed by atoms with Gasteiger partial charge < -0.3 is 15.7 Å². The lowest BCUT2D eigenvalue weighted by atomic mass is 10.1. The van der Waals surface area contributed by atoms with E-state index in [1.165, 1.54) is 12.4 Å². The summed E-state index contributed by atoms with van der Waals surface area (Å²) in [6.07, 6.45) is 1.34. The van der Waals surface area contributed by atoms with Crippen LogP contribution in [0.1, 0.15) is 34.7 Å². The maximum absolute atomic E-state index is 11.9. The Bertz CT molecular complexity index is 654. The maximum Gasteiger partial charge on any atom is 0.337 e. The first-order chi connectivity index (χ1) is 9.97. The third-order valence-corrected chi connectivity index (χ3v) is 2.85. The molecule has 0 aliphatic heterocycles. The zero-order chi connectivity index (χ0) is 15.4. The van der Waals surface area contributed by atoms with Crippen molar-refractivity contribution in [1.29, 1.82) is 0 Å². The molecule has 1 aromatic heterocycles. The number of H-pyrrole nitrogens is 1. The quantitative estimate of drug-likeness (QED) is 0.682. The van der Waals surface area contributed by atoms with Crippen LogP contribution in [-0.4, -0.2) is 32.3 Å². The molecule has 1 unspecified atom stereocenters. The van der Waals surface area contributed by atoms with E-state index in [2.05, 4.69) is 25.8 Å². The fourth-order valence-electron chi connectivity index (χ4n) is 1.79. The minimum atomic E-state index is -1.10. The lowest BCUT2D eigenvalue weighted by Crippen LogP contribution is -2.32. The van der Waals surface area contributed by atoms with E-state index in [1.807, 2.05) is 0 Å². The normalized spacial score (nSPS) is 11.7. The number of aromatic nitrogens is 3. The van der Waals surface area contributed by atoms with Gasteiger partial charge in [-0.25, -0.2) is 14.6 Å². The number of aromatic carboxylic acids is 1. The Hall–Kier alpha value is -2.90. The molecule has 2 rings (SSSR count). The predicted octanol–water partition coefficient (Wildman–Crippen LogP) is 1.69. The second kappa shape index (κ2) is 6.04. The summed E-state index contributed by atoms with van der Waals surface area (Å²) in [6.45, 7) is 3.51. The molecule has 0 aliphatic carbocycles. The first kappa shape index (κ1) is 14.5. The standard InChI is InChI=1S/C13H15N5O3/c1-7-3-4-10(9(5-7)12(19)20)17-13(21)16-8(2)11-14-6-15-18-11/h3-6,8H,1-2H3,(H,19,20)(H,14,15,18)(H2,16,17,21). The number of carboxylic acid groups (broad SMARTS) is 1. The smallest absolute Gasteiger partial charge is 0.337 e. The molecule has 2 amide bonds. The summed E-state index contributed by atoms with van der Waals surface area (Å²) >= 11 is 0. The lowest BCUT2D eigenvalue weighted by molar-refractivity contribution is 0.0698. The van der Waals surface area contributed by atoms with Crippen LogP contribution in [0.4, 0.5) is 10.5 Å². The van der Waals surface area contributed by atoms with Crippen LogP contribution in [0.2, 0.25) is 0 Å². The molecular formula is C13H15N5O3. The average Bonchev–Trinajstić information content (AvgIpc) is 2.94. The van der Waals surface area contributed by atoms with E-state index >= 15 is 0 Å². The van der Waals surface area contributed by atoms with Crippen LogP contribution in [0.15, 0.2) is 24.5 Å². The average molecular weight is 289 g/mol. The number of anilines is 1. The molecular weight excluding hydrogens is 274 g/mol. The van der Waals surface area contributed by atoms with Crippen molar-refractivity contribution in [2.45, 2.75) is 19.9 Å². The Labute approximate surface area is 120 Å². The second-order valence-corrected chi connectivity index (χ2v) is 4.55. The molecule has 21 heavy (non-hydrogen) atoms. The van der Waals surface area contributed by atoms with Gasteiger partial charge in [-0.2, -0.15) is 5.10 Å². The van der Waals surface area contributed by atoms with Crippen LogP contribution in [0.25, 0.3) is 0 Å². The molecule has 0 fully saturated rings. The number of hydrogen-bond donors (Lipinski definition) is 4. The van der Waals surface area contributed by atoms with Crippen LogP contribution in [0.5, 0.6) is 0 Å². The van der Waals surface area contributed by atoms with E-state index < -0.39 is 12.0 Å². The number of carboxylic acids is 1. The Balaban J connectivity index is 2.08. The predicted molar refractivity (Wildman–Crippen MR) is 75.1 cm³/mol. The molecule has 0 radical (unpaired) electrons. The van der Waals surface area contributed by atoms with Crippen LogP contribution in [0, 0.1) is 6.92 Å². The number of hydrogen-bond acceptors (Lipinski definition) is 4. The van der Waals surface area contributed by atoms with Crippen molar-refractivity contribution in [3.05, 3.63) is 41.5 Å². The highest BCUT2D eigenvalue weighted by Crippen LogP contribution is 2.17. The van der Waals surface area contributed by atoms with Crippen LogP contribution in [0.3, 0.4) is 0 Å². The van der Waals surface area contributed by atoms with Gasteiger partial charge in [0.2, 0.25) is 0 Å². The summed E-state index contributed by atoms with van der Waals surface area (Å²) in [4.78, 5) is 27.0. The summed E-state index contributed by atoms with van der Waals surface area (Å²) in [7, 11) is 0. The number of carbonyl (C=O) groups excluding carboxylic acids is 1. The summed E-state index contributed by atoms with van der Waals surface area (Å²) in [5.74, 6) is -0.593. The fourth-order valence-corrected chi connectivity index (χ4v) is 1.79. The van der Waals surface area contributed by atoms with Gasteiger partial charge in [-0.15, -0.1) is 0 Å². The third kappa shape index (κ3) is 3.56. The highest BCUT2D eigenvalue weighted by molar-refractivity contribution is 6.00. The molecule has 0 spiro atoms. The number of nitrogens with zero attached hydrogens (tertiary/aromatic N) is 2. The highest BCUT2D eigenvalue weighted by Gasteiger charge is 2.15. The van der Waals surface area contributed by atoms with Crippen molar-refractivity contribution in [3.8, 4) is 0 Å². The summed E-state index contributed by atoms with van der Waals surface area (Å²) in [5, 5.41) is 20.6. The number of benzene rings is 1. The zero-order valence-corrected chi connectivity index (χ0v) is 11.5. The molecule has 2 aromatic rings. The molecule has 8 nitrogen and oxygen atoms in total. The molecule has 8 heteroatoms. The Kier molecular flexibility index (Phi) is 4.17. The topological polar surface area (TPSA) is 120 Å². The number of carbonyl (C=O) groups is 2. The lowest BCUT2D eigenvalue weighted by Gasteiger charge is -2.13. The molecule has 0 bridgehead atoms. The molecule has 110 valence electrons. The second-order valence-electron chi connectivity index (χ2n) is 4.55. The summed E-state index contributed by atoms with van der Waals surface area (Å²) in [6, 6.07) is 3.87. The SMILES string of the molecule is Cc1ccc(NC(=O)NC(C)c2ncn[nH]2)c(C(=O)O)c1. The number of urea groups is 1. The van der Waals surface area contributed by atoms with Crippen molar-refractivity contribution in [2.75, 3.05) is 5.32 Å². The molecule has 4 N–H and O–H groups in total. The number of amides is 2. The number of aromatic amines is 1. The van der Waals surface area contributed by atoms with Gasteiger partial charge >= 0.3 is 12.0 Å². The van der Waals surface area contributed by atoms with Gasteiger partial charge in [-0.05, 0) is 26.0 Å². The van der Waals surface area contributed by atoms with E-state index in [9.17, 15) is 9.59 Å². The summed E-state index contributed by atoms with van der Waals surface area (Å²) < 4.78 is 0. The van der Waals surface area contributed by atoms with Crippen molar-refractivity contribution >= 4 is 17.7 Å². The van der Waals surface area contributed by atoms with Gasteiger partial charge in [-0.3, -0.25) is 5.10 Å². The Morgan fingerprint density at radius 1 is 1.38 bits per heavy atom. The van der Waals surface area contributed by atoms with Crippen molar-refractivity contribution in [3.63, 3.8) is 0 Å². The monoisotopic (exact) mass is 289 g/mol. The highest BCUT2D eigenvalue weighted by atomic mass is 16.4. The fraction of sp³-hybridized carbons (Fsp3) is 0.231. The molecule has 1 atom stereocenters. The van der Waals surface area contributed by atoms with E-state index in [1.54, 1.807) is 26.0 Å². The Morgan fingerprint density at radius 2 is 2.14 bits per heavy atom. The van der Waals surface area contributed by atoms with Gasteiger partial charge in [0.25, 0.3) is 0 Å². The Morgan fingerprint density at radius 3 is 2.76 bits per heavy atom. The van der Waals surface area contributed by atoms with Crippen LogP contribution < -0.4 is 10.6 Å². The van der Waals surface area contributed by atoms with Crippen molar-refractivity contribution in [2.24, 2.45) is 0 Å². The number of nitrogens with one attached hydrogen (secondary N) is 3. The minimum absolute atomic E-state index is 0.0393. The van der Waals surface area contributed by atoms with Gasteiger partial charge in [-0.1, -0.05) is 11.6 Å². The molecule has 1 aromatic carbocycles. The van der Waals surface area contributed by atoms with Crippen LogP contribution >= 0.6 is 0 Å². The van der Waals surface area contributed by atoms with E-state index in [4.69, 9.17) is 5.11 Å². The van der Waals surface area contributed by atoms with Crippen molar-refractivity contribution in [1.82, 2.24) is 20.5 Å². The van der Waals surface area contributed by atoms with E-state index in [0.29, 0.717) is 5.82 Å². The molecule has 0 saturated heterocycles. The molecule has 1 heterocycles. The van der Waals surface area contributed by atoms with Crippen LogP contribution in [-0.2, 0) is 0 Å². The first-order valence-corrected chi connectivity index (χ1v) is 6.24. The first-order valence-electron chi connectivity index (χ1n) is 6.24. The minimum Gasteiger partial charge on any atom is -0.478 e. The summed E-state index contributed by atoms with van der Waals surface area (Å²) in [5.41, 5.74) is 1.07. The molecule has 0 aliphatic rings. The van der Waals surface area contributed by atoms with Gasteiger partial charge in [0.15, 0.2) is 0 Å². The van der Waals surface area contributed by atoms with Gasteiger partial charge in [0, 0.05) is 0 Å². The van der Waals surface area contributed by atoms with Gasteiger partial charge in [0.1, 0.15) is 12.2 Å². The molecule has 0 saturated carbocycles. The third-order valence-electron chi connectivity index (χ3n) is 2.85. The van der Waals surface area contributed by atoms with Crippen molar-refractivity contribution < 1.29 is 14.7 Å². The number of rotatable bonds is 4. The van der Waals surface area contributed by atoms with E-state index in [0.717, 1.165) is 5.56 Å². The zero-order valence-electron chi connectivity index (χ0n) is 11.5. The maximum atomic E-state index is 11.9. The largest absolute Gasteiger partial charge is 0.478 e. The van der Waals surface area contributed by atoms with Gasteiger partial charge in [0.05, 0.1) is 17.3 Å². The number of aryl methyl sites for hydroxylation is 1.